The highest BCUT2D eigenvalue weighted by Crippen LogP contribution is 2.38. The lowest BCUT2D eigenvalue weighted by molar-refractivity contribution is -0.147. The predicted molar refractivity (Wildman–Crippen MR) is 111 cm³/mol. The van der Waals surface area contributed by atoms with Crippen LogP contribution in [0.15, 0.2) is 24.3 Å². The number of carbonyl (C=O) groups excluding carboxylic acids is 4. The minimum atomic E-state index is -0.916. The van der Waals surface area contributed by atoms with Gasteiger partial charge < -0.3 is 10.1 Å². The fraction of sp³-hybridized carbons (Fsp3) is 0.565. The van der Waals surface area contributed by atoms with Gasteiger partial charge in [-0.3, -0.25) is 19.3 Å². The Kier molecular flexibility index (Phi) is 6.01. The van der Waals surface area contributed by atoms with Crippen LogP contribution in [-0.4, -0.2) is 47.3 Å². The average Bonchev–Trinajstić information content (AvgIpc) is 2.93. The van der Waals surface area contributed by atoms with Crippen molar-refractivity contribution >= 4 is 23.7 Å². The Morgan fingerprint density at radius 1 is 1.17 bits per heavy atom. The molecule has 1 aromatic rings. The van der Waals surface area contributed by atoms with Crippen molar-refractivity contribution in [2.45, 2.75) is 64.3 Å². The first-order valence-corrected chi connectivity index (χ1v) is 10.5. The molecule has 3 rings (SSSR count). The number of amides is 3. The summed E-state index contributed by atoms with van der Waals surface area (Å²) in [6, 6.07) is 6.61. The molecule has 2 fully saturated rings. The minimum absolute atomic E-state index is 0.0152. The number of nitrogens with one attached hydrogen (secondary N) is 1. The summed E-state index contributed by atoms with van der Waals surface area (Å²) < 4.78 is 5.05. The molecule has 30 heavy (non-hydrogen) atoms. The number of imide groups is 1. The molecule has 0 bridgehead atoms. The highest BCUT2D eigenvalue weighted by molar-refractivity contribution is 6.09. The molecule has 1 aliphatic carbocycles. The third-order valence-electron chi connectivity index (χ3n) is 6.23. The molecule has 1 saturated heterocycles. The van der Waals surface area contributed by atoms with E-state index >= 15 is 0 Å². The van der Waals surface area contributed by atoms with E-state index in [0.29, 0.717) is 12.0 Å². The lowest BCUT2D eigenvalue weighted by Gasteiger charge is -2.36. The standard InChI is InChI=1S/C23H30N2O5/c1-15-7-5-6-12-23(15)20(28)25(21(29)24-23)13-19(27)30-14-18(26)16-8-10-17(11-9-16)22(2,3)4/h8-11,15H,5-7,12-14H2,1-4H3,(H,24,29)/t15-,23+/m0/s1. The van der Waals surface area contributed by atoms with Crippen LogP contribution in [0.1, 0.15) is 69.3 Å². The van der Waals surface area contributed by atoms with Crippen LogP contribution in [0.2, 0.25) is 0 Å². The van der Waals surface area contributed by atoms with Crippen molar-refractivity contribution in [1.29, 1.82) is 0 Å². The number of ketones is 1. The first kappa shape index (κ1) is 22.0. The number of benzene rings is 1. The van der Waals surface area contributed by atoms with Gasteiger partial charge in [-0.1, -0.05) is 64.8 Å². The second-order valence-electron chi connectivity index (χ2n) is 9.35. The Bertz CT molecular complexity index is 855. The first-order chi connectivity index (χ1) is 14.0. The summed E-state index contributed by atoms with van der Waals surface area (Å²) in [6.07, 6.45) is 3.31. The number of esters is 1. The summed E-state index contributed by atoms with van der Waals surface area (Å²) in [5, 5.41) is 2.80. The van der Waals surface area contributed by atoms with Crippen molar-refractivity contribution in [3.8, 4) is 0 Å². The number of hydrogen-bond acceptors (Lipinski definition) is 5. The van der Waals surface area contributed by atoms with E-state index in [9.17, 15) is 19.2 Å². The van der Waals surface area contributed by atoms with Crippen LogP contribution < -0.4 is 5.32 Å². The maximum absolute atomic E-state index is 12.9. The maximum Gasteiger partial charge on any atom is 0.326 e. The van der Waals surface area contributed by atoms with Crippen molar-refractivity contribution in [1.82, 2.24) is 10.2 Å². The topological polar surface area (TPSA) is 92.8 Å². The highest BCUT2D eigenvalue weighted by Gasteiger charge is 2.55. The molecule has 1 spiro atoms. The fourth-order valence-corrected chi connectivity index (χ4v) is 4.20. The first-order valence-electron chi connectivity index (χ1n) is 10.5. The zero-order valence-corrected chi connectivity index (χ0v) is 18.1. The average molecular weight is 415 g/mol. The van der Waals surface area contributed by atoms with E-state index in [1.807, 2.05) is 19.1 Å². The summed E-state index contributed by atoms with van der Waals surface area (Å²) in [6.45, 7) is 7.27. The van der Waals surface area contributed by atoms with Crippen LogP contribution in [0.3, 0.4) is 0 Å². The zero-order valence-electron chi connectivity index (χ0n) is 18.1. The van der Waals surface area contributed by atoms with E-state index in [1.165, 1.54) is 0 Å². The van der Waals surface area contributed by atoms with Gasteiger partial charge in [0.1, 0.15) is 12.1 Å². The van der Waals surface area contributed by atoms with Crippen molar-refractivity contribution in [2.75, 3.05) is 13.2 Å². The number of hydrogen-bond donors (Lipinski definition) is 1. The van der Waals surface area contributed by atoms with Gasteiger partial charge in [0.25, 0.3) is 5.91 Å². The van der Waals surface area contributed by atoms with E-state index in [-0.39, 0.29) is 23.0 Å². The molecule has 3 amide bonds. The van der Waals surface area contributed by atoms with Gasteiger partial charge in [0, 0.05) is 5.56 Å². The van der Waals surface area contributed by atoms with Crippen LogP contribution >= 0.6 is 0 Å². The van der Waals surface area contributed by atoms with Gasteiger partial charge in [-0.25, -0.2) is 4.79 Å². The monoisotopic (exact) mass is 414 g/mol. The molecule has 1 saturated carbocycles. The van der Waals surface area contributed by atoms with Crippen LogP contribution in [0.5, 0.6) is 0 Å². The molecule has 7 heteroatoms. The predicted octanol–water partition coefficient (Wildman–Crippen LogP) is 3.21. The van der Waals surface area contributed by atoms with E-state index in [4.69, 9.17) is 4.74 Å². The number of nitrogens with zero attached hydrogens (tertiary/aromatic N) is 1. The fourth-order valence-electron chi connectivity index (χ4n) is 4.20. The number of carbonyl (C=O) groups is 4. The minimum Gasteiger partial charge on any atom is -0.456 e. The molecular weight excluding hydrogens is 384 g/mol. The summed E-state index contributed by atoms with van der Waals surface area (Å²) in [5.41, 5.74) is 0.603. The smallest absolute Gasteiger partial charge is 0.326 e. The molecule has 0 unspecified atom stereocenters. The summed E-state index contributed by atoms with van der Waals surface area (Å²) in [4.78, 5) is 50.7. The number of rotatable bonds is 5. The SMILES string of the molecule is C[C@H]1CCCC[C@@]12NC(=O)N(CC(=O)OCC(=O)c1ccc(C(C)(C)C)cc1)C2=O. The molecule has 0 radical (unpaired) electrons. The van der Waals surface area contributed by atoms with E-state index in [1.54, 1.807) is 12.1 Å². The molecule has 1 aliphatic heterocycles. The molecule has 0 aromatic heterocycles. The van der Waals surface area contributed by atoms with Crippen LogP contribution in [-0.2, 0) is 19.7 Å². The van der Waals surface area contributed by atoms with Crippen LogP contribution in [0.4, 0.5) is 4.79 Å². The Labute approximate surface area is 177 Å². The second-order valence-corrected chi connectivity index (χ2v) is 9.35. The second kappa shape index (κ2) is 8.20. The van der Waals surface area contributed by atoms with E-state index in [0.717, 1.165) is 29.7 Å². The molecular formula is C23H30N2O5. The molecule has 1 aromatic carbocycles. The van der Waals surface area contributed by atoms with E-state index in [2.05, 4.69) is 26.1 Å². The number of urea groups is 1. The molecule has 2 atom stereocenters. The van der Waals surface area contributed by atoms with Gasteiger partial charge in [0.2, 0.25) is 0 Å². The molecule has 2 aliphatic rings. The number of Topliss-reactive ketones (excluding diaryl/α,β-unsaturated/α-hetero) is 1. The van der Waals surface area contributed by atoms with Gasteiger partial charge in [-0.15, -0.1) is 0 Å². The van der Waals surface area contributed by atoms with Gasteiger partial charge in [0.05, 0.1) is 0 Å². The Morgan fingerprint density at radius 3 is 2.43 bits per heavy atom. The highest BCUT2D eigenvalue weighted by atomic mass is 16.5. The molecule has 1 N–H and O–H groups in total. The number of ether oxygens (including phenoxy) is 1. The van der Waals surface area contributed by atoms with Crippen LogP contribution in [0.25, 0.3) is 0 Å². The zero-order chi connectivity index (χ0) is 22.1. The summed E-state index contributed by atoms with van der Waals surface area (Å²) in [7, 11) is 0. The largest absolute Gasteiger partial charge is 0.456 e. The van der Waals surface area contributed by atoms with Gasteiger partial charge in [-0.05, 0) is 29.7 Å². The van der Waals surface area contributed by atoms with Gasteiger partial charge in [-0.2, -0.15) is 0 Å². The Morgan fingerprint density at radius 2 is 1.83 bits per heavy atom. The van der Waals surface area contributed by atoms with Gasteiger partial charge >= 0.3 is 12.0 Å². The molecule has 162 valence electrons. The van der Waals surface area contributed by atoms with Crippen molar-refractivity contribution in [3.63, 3.8) is 0 Å². The van der Waals surface area contributed by atoms with E-state index < -0.39 is 30.7 Å². The maximum atomic E-state index is 12.9. The molecule has 1 heterocycles. The van der Waals surface area contributed by atoms with Crippen LogP contribution in [0, 0.1) is 5.92 Å². The quantitative estimate of drug-likeness (QED) is 0.454. The third-order valence-corrected chi connectivity index (χ3v) is 6.23. The lowest BCUT2D eigenvalue weighted by atomic mass is 9.73. The normalized spacial score (nSPS) is 24.1. The van der Waals surface area contributed by atoms with Crippen molar-refractivity contribution in [2.24, 2.45) is 5.92 Å². The van der Waals surface area contributed by atoms with Crippen molar-refractivity contribution < 1.29 is 23.9 Å². The third kappa shape index (κ3) is 4.25. The van der Waals surface area contributed by atoms with Crippen molar-refractivity contribution in [3.05, 3.63) is 35.4 Å². The molecule has 7 nitrogen and oxygen atoms in total. The lowest BCUT2D eigenvalue weighted by Crippen LogP contribution is -2.54. The van der Waals surface area contributed by atoms with Gasteiger partial charge in [0.15, 0.2) is 12.4 Å². The Hall–Kier alpha value is -2.70. The Balaban J connectivity index is 1.56. The summed E-state index contributed by atoms with van der Waals surface area (Å²) in [5.74, 6) is -1.47. The summed E-state index contributed by atoms with van der Waals surface area (Å²) >= 11 is 0.